The third kappa shape index (κ3) is 4.08. The molecule has 132 valence electrons. The largest absolute Gasteiger partial charge is 0.337 e. The summed E-state index contributed by atoms with van der Waals surface area (Å²) in [6.07, 6.45) is 1.95. The SMILES string of the molecule is Cc1cc(C)cc(C(=O)N2CCCC(N3CCNCC3=O)C2)c1.Cl. The zero-order chi connectivity index (χ0) is 16.4. The predicted molar refractivity (Wildman–Crippen MR) is 96.7 cm³/mol. The van der Waals surface area contributed by atoms with Crippen molar-refractivity contribution in [1.29, 1.82) is 0 Å². The van der Waals surface area contributed by atoms with E-state index >= 15 is 0 Å². The normalized spacial score (nSPS) is 21.4. The van der Waals surface area contributed by atoms with E-state index < -0.39 is 0 Å². The van der Waals surface area contributed by atoms with Crippen LogP contribution < -0.4 is 5.32 Å². The van der Waals surface area contributed by atoms with Crippen molar-refractivity contribution >= 4 is 24.2 Å². The zero-order valence-corrected chi connectivity index (χ0v) is 15.2. The van der Waals surface area contributed by atoms with Crippen molar-refractivity contribution in [2.24, 2.45) is 0 Å². The number of nitrogens with one attached hydrogen (secondary N) is 1. The van der Waals surface area contributed by atoms with Crippen LogP contribution in [-0.4, -0.2) is 60.4 Å². The summed E-state index contributed by atoms with van der Waals surface area (Å²) in [5.74, 6) is 0.242. The monoisotopic (exact) mass is 351 g/mol. The number of hydrogen-bond acceptors (Lipinski definition) is 3. The van der Waals surface area contributed by atoms with Gasteiger partial charge in [-0.15, -0.1) is 12.4 Å². The molecule has 24 heavy (non-hydrogen) atoms. The van der Waals surface area contributed by atoms with Gasteiger partial charge in [-0.3, -0.25) is 9.59 Å². The molecule has 2 aliphatic rings. The minimum absolute atomic E-state index is 0. The number of piperazine rings is 1. The molecule has 2 amide bonds. The summed E-state index contributed by atoms with van der Waals surface area (Å²) >= 11 is 0. The Bertz CT molecular complexity index is 600. The quantitative estimate of drug-likeness (QED) is 0.883. The molecule has 1 atom stereocenters. The first-order chi connectivity index (χ1) is 11.0. The molecule has 2 saturated heterocycles. The van der Waals surface area contributed by atoms with Crippen LogP contribution in [0, 0.1) is 13.8 Å². The van der Waals surface area contributed by atoms with Crippen LogP contribution in [0.5, 0.6) is 0 Å². The highest BCUT2D eigenvalue weighted by atomic mass is 35.5. The fourth-order valence-corrected chi connectivity index (χ4v) is 3.68. The first kappa shape index (κ1) is 18.7. The maximum atomic E-state index is 12.8. The highest BCUT2D eigenvalue weighted by Crippen LogP contribution is 2.20. The van der Waals surface area contributed by atoms with Crippen molar-refractivity contribution < 1.29 is 9.59 Å². The van der Waals surface area contributed by atoms with E-state index in [-0.39, 0.29) is 30.3 Å². The van der Waals surface area contributed by atoms with Gasteiger partial charge in [0.15, 0.2) is 0 Å². The van der Waals surface area contributed by atoms with Gasteiger partial charge in [-0.1, -0.05) is 17.2 Å². The van der Waals surface area contributed by atoms with Gasteiger partial charge in [-0.05, 0) is 38.8 Å². The first-order valence-electron chi connectivity index (χ1n) is 8.42. The van der Waals surface area contributed by atoms with Crippen LogP contribution in [0.3, 0.4) is 0 Å². The number of halogens is 1. The molecule has 0 saturated carbocycles. The maximum Gasteiger partial charge on any atom is 0.253 e. The van der Waals surface area contributed by atoms with Crippen molar-refractivity contribution in [3.63, 3.8) is 0 Å². The lowest BCUT2D eigenvalue weighted by molar-refractivity contribution is -0.135. The lowest BCUT2D eigenvalue weighted by Gasteiger charge is -2.41. The van der Waals surface area contributed by atoms with E-state index in [1.165, 1.54) is 0 Å². The highest BCUT2D eigenvalue weighted by molar-refractivity contribution is 5.94. The van der Waals surface area contributed by atoms with Gasteiger partial charge >= 0.3 is 0 Å². The lowest BCUT2D eigenvalue weighted by Crippen LogP contribution is -2.57. The van der Waals surface area contributed by atoms with Gasteiger partial charge in [-0.2, -0.15) is 0 Å². The van der Waals surface area contributed by atoms with Crippen LogP contribution in [0.15, 0.2) is 18.2 Å². The molecular weight excluding hydrogens is 326 g/mol. The fourth-order valence-electron chi connectivity index (χ4n) is 3.68. The van der Waals surface area contributed by atoms with Crippen molar-refractivity contribution in [3.8, 4) is 0 Å². The molecule has 2 fully saturated rings. The summed E-state index contributed by atoms with van der Waals surface area (Å²) in [7, 11) is 0. The molecule has 0 bridgehead atoms. The van der Waals surface area contributed by atoms with Gasteiger partial charge < -0.3 is 15.1 Å². The van der Waals surface area contributed by atoms with Gasteiger partial charge in [0.25, 0.3) is 5.91 Å². The topological polar surface area (TPSA) is 52.7 Å². The number of rotatable bonds is 2. The van der Waals surface area contributed by atoms with Gasteiger partial charge in [0, 0.05) is 37.8 Å². The summed E-state index contributed by atoms with van der Waals surface area (Å²) in [5, 5.41) is 3.10. The van der Waals surface area contributed by atoms with Crippen LogP contribution in [0.1, 0.15) is 34.3 Å². The molecule has 5 nitrogen and oxygen atoms in total. The molecule has 1 unspecified atom stereocenters. The first-order valence-corrected chi connectivity index (χ1v) is 8.42. The number of piperidine rings is 1. The number of aryl methyl sites for hydroxylation is 2. The molecule has 0 spiro atoms. The van der Waals surface area contributed by atoms with Crippen LogP contribution in [-0.2, 0) is 4.79 Å². The third-order valence-electron chi connectivity index (χ3n) is 4.72. The van der Waals surface area contributed by atoms with Gasteiger partial charge in [0.1, 0.15) is 0 Å². The van der Waals surface area contributed by atoms with E-state index in [9.17, 15) is 9.59 Å². The fraction of sp³-hybridized carbons (Fsp3) is 0.556. The number of carbonyl (C=O) groups is 2. The van der Waals surface area contributed by atoms with Gasteiger partial charge in [0.05, 0.1) is 6.54 Å². The Balaban J connectivity index is 0.00000208. The lowest BCUT2D eigenvalue weighted by atomic mass is 10.0. The number of hydrogen-bond donors (Lipinski definition) is 1. The van der Waals surface area contributed by atoms with Crippen LogP contribution in [0.4, 0.5) is 0 Å². The second-order valence-corrected chi connectivity index (χ2v) is 6.69. The number of nitrogens with zero attached hydrogens (tertiary/aromatic N) is 2. The Morgan fingerprint density at radius 1 is 1.17 bits per heavy atom. The van der Waals surface area contributed by atoms with E-state index in [2.05, 4.69) is 11.4 Å². The van der Waals surface area contributed by atoms with E-state index in [4.69, 9.17) is 0 Å². The summed E-state index contributed by atoms with van der Waals surface area (Å²) in [5.41, 5.74) is 2.98. The van der Waals surface area contributed by atoms with E-state index in [1.54, 1.807) is 0 Å². The predicted octanol–water partition coefficient (Wildman–Crippen LogP) is 1.76. The average molecular weight is 352 g/mol. The van der Waals surface area contributed by atoms with Crippen molar-refractivity contribution in [2.45, 2.75) is 32.7 Å². The molecule has 0 aromatic heterocycles. The molecule has 2 heterocycles. The van der Waals surface area contributed by atoms with E-state index in [1.807, 2.05) is 35.8 Å². The molecular formula is C18H26ClN3O2. The van der Waals surface area contributed by atoms with Crippen LogP contribution in [0.25, 0.3) is 0 Å². The van der Waals surface area contributed by atoms with Gasteiger partial charge in [-0.25, -0.2) is 0 Å². The molecule has 1 N–H and O–H groups in total. The Labute approximate surface area is 149 Å². The van der Waals surface area contributed by atoms with Crippen molar-refractivity contribution in [2.75, 3.05) is 32.7 Å². The van der Waals surface area contributed by atoms with E-state index in [0.717, 1.165) is 49.2 Å². The molecule has 1 aromatic rings. The third-order valence-corrected chi connectivity index (χ3v) is 4.72. The average Bonchev–Trinajstić information content (AvgIpc) is 2.54. The Hall–Kier alpha value is -1.59. The number of amides is 2. The smallest absolute Gasteiger partial charge is 0.253 e. The number of likely N-dealkylation sites (tertiary alicyclic amines) is 1. The van der Waals surface area contributed by atoms with Crippen LogP contribution in [0.2, 0.25) is 0 Å². The highest BCUT2D eigenvalue weighted by Gasteiger charge is 2.31. The zero-order valence-electron chi connectivity index (χ0n) is 14.4. The number of carbonyl (C=O) groups excluding carboxylic acids is 2. The summed E-state index contributed by atoms with van der Waals surface area (Å²) in [4.78, 5) is 28.8. The second-order valence-electron chi connectivity index (χ2n) is 6.69. The Kier molecular flexibility index (Phi) is 6.24. The molecule has 1 aromatic carbocycles. The Morgan fingerprint density at radius 2 is 1.88 bits per heavy atom. The summed E-state index contributed by atoms with van der Waals surface area (Å²) < 4.78 is 0. The molecule has 6 heteroatoms. The molecule has 2 aliphatic heterocycles. The minimum Gasteiger partial charge on any atom is -0.337 e. The molecule has 3 rings (SSSR count). The minimum atomic E-state index is 0. The van der Waals surface area contributed by atoms with Crippen molar-refractivity contribution in [1.82, 2.24) is 15.1 Å². The Morgan fingerprint density at radius 3 is 2.54 bits per heavy atom. The second kappa shape index (κ2) is 7.99. The van der Waals surface area contributed by atoms with E-state index in [0.29, 0.717) is 13.1 Å². The molecule has 0 radical (unpaired) electrons. The standard InChI is InChI=1S/C18H25N3O2.ClH/c1-13-8-14(2)10-15(9-13)18(23)20-6-3-4-16(12-20)21-7-5-19-11-17(21)22;/h8-10,16,19H,3-7,11-12H2,1-2H3;1H. The molecule has 0 aliphatic carbocycles. The summed E-state index contributed by atoms with van der Waals surface area (Å²) in [6, 6.07) is 6.15. The summed E-state index contributed by atoms with van der Waals surface area (Å²) in [6.45, 7) is 7.47. The van der Waals surface area contributed by atoms with Crippen LogP contribution >= 0.6 is 12.4 Å². The van der Waals surface area contributed by atoms with Gasteiger partial charge in [0.2, 0.25) is 5.91 Å². The van der Waals surface area contributed by atoms with Crippen molar-refractivity contribution in [3.05, 3.63) is 34.9 Å². The number of benzene rings is 1. The maximum absolute atomic E-state index is 12.8.